The maximum absolute atomic E-state index is 12.9. The Morgan fingerprint density at radius 2 is 1.87 bits per heavy atom. The minimum Gasteiger partial charge on any atom is -0.481 e. The highest BCUT2D eigenvalue weighted by atomic mass is 16.5. The molecule has 0 bridgehead atoms. The number of nitrogens with zero attached hydrogens (tertiary/aromatic N) is 4. The second kappa shape index (κ2) is 8.57. The van der Waals surface area contributed by atoms with Crippen LogP contribution in [0.15, 0.2) is 53.1 Å². The van der Waals surface area contributed by atoms with Gasteiger partial charge in [0.25, 0.3) is 5.91 Å². The fraction of sp³-hybridized carbons (Fsp3) is 0.348. The van der Waals surface area contributed by atoms with E-state index in [1.54, 1.807) is 6.26 Å². The molecule has 1 saturated heterocycles. The molecule has 0 aliphatic carbocycles. The Bertz CT molecular complexity index is 994. The predicted molar refractivity (Wildman–Crippen MR) is 115 cm³/mol. The van der Waals surface area contributed by atoms with Crippen LogP contribution < -0.4 is 9.64 Å². The van der Waals surface area contributed by atoms with Gasteiger partial charge in [-0.1, -0.05) is 12.1 Å². The van der Waals surface area contributed by atoms with Gasteiger partial charge in [-0.3, -0.25) is 4.79 Å². The van der Waals surface area contributed by atoms with E-state index in [1.165, 1.54) is 0 Å². The highest BCUT2D eigenvalue weighted by molar-refractivity contribution is 5.81. The lowest BCUT2D eigenvalue weighted by atomic mass is 10.1. The number of aromatic nitrogens is 2. The maximum atomic E-state index is 12.9. The van der Waals surface area contributed by atoms with Crippen molar-refractivity contribution >= 4 is 11.7 Å². The highest BCUT2D eigenvalue weighted by Gasteiger charge is 2.27. The average Bonchev–Trinajstić information content (AvgIpc) is 3.31. The lowest BCUT2D eigenvalue weighted by Crippen LogP contribution is -2.52. The number of anilines is 1. The summed E-state index contributed by atoms with van der Waals surface area (Å²) in [5.74, 6) is 2.27. The van der Waals surface area contributed by atoms with Crippen molar-refractivity contribution in [2.75, 3.05) is 31.1 Å². The van der Waals surface area contributed by atoms with Crippen molar-refractivity contribution in [3.8, 4) is 17.2 Å². The Labute approximate surface area is 176 Å². The Morgan fingerprint density at radius 3 is 2.53 bits per heavy atom. The van der Waals surface area contributed by atoms with Crippen molar-refractivity contribution in [1.82, 2.24) is 15.1 Å². The van der Waals surface area contributed by atoms with Gasteiger partial charge >= 0.3 is 0 Å². The van der Waals surface area contributed by atoms with Crippen molar-refractivity contribution in [1.29, 1.82) is 0 Å². The van der Waals surface area contributed by atoms with E-state index in [0.717, 1.165) is 22.7 Å². The molecular weight excluding hydrogens is 380 g/mol. The van der Waals surface area contributed by atoms with Gasteiger partial charge < -0.3 is 19.0 Å². The van der Waals surface area contributed by atoms with Crippen LogP contribution in [0.2, 0.25) is 0 Å². The average molecular weight is 406 g/mol. The van der Waals surface area contributed by atoms with Crippen LogP contribution in [0, 0.1) is 13.8 Å². The van der Waals surface area contributed by atoms with E-state index < -0.39 is 6.10 Å². The molecule has 1 atom stereocenters. The molecule has 1 amide bonds. The van der Waals surface area contributed by atoms with Crippen LogP contribution in [0.5, 0.6) is 5.75 Å². The topological polar surface area (TPSA) is 71.7 Å². The third kappa shape index (κ3) is 4.30. The monoisotopic (exact) mass is 406 g/mol. The summed E-state index contributed by atoms with van der Waals surface area (Å²) in [5.41, 5.74) is 2.85. The molecule has 3 aromatic rings. The molecule has 1 aliphatic rings. The molecule has 0 N–H and O–H groups in total. The molecule has 0 saturated carbocycles. The van der Waals surface area contributed by atoms with E-state index in [4.69, 9.17) is 9.15 Å². The Balaban J connectivity index is 1.33. The van der Waals surface area contributed by atoms with Gasteiger partial charge in [-0.25, -0.2) is 0 Å². The molecule has 2 aromatic heterocycles. The summed E-state index contributed by atoms with van der Waals surface area (Å²) in [5, 5.41) is 8.58. The van der Waals surface area contributed by atoms with E-state index in [2.05, 4.69) is 15.1 Å². The van der Waals surface area contributed by atoms with Gasteiger partial charge in [0.2, 0.25) is 0 Å². The van der Waals surface area contributed by atoms with Crippen molar-refractivity contribution in [3.05, 3.63) is 59.9 Å². The lowest BCUT2D eigenvalue weighted by molar-refractivity contribution is -0.138. The van der Waals surface area contributed by atoms with Crippen LogP contribution in [0.4, 0.5) is 5.82 Å². The molecule has 1 aliphatic heterocycles. The molecule has 4 rings (SSSR count). The largest absolute Gasteiger partial charge is 0.481 e. The van der Waals surface area contributed by atoms with Gasteiger partial charge in [0, 0.05) is 26.2 Å². The fourth-order valence-electron chi connectivity index (χ4n) is 3.54. The van der Waals surface area contributed by atoms with Crippen LogP contribution in [0.25, 0.3) is 11.5 Å². The third-order valence-electron chi connectivity index (χ3n) is 5.33. The Kier molecular flexibility index (Phi) is 5.70. The number of furan rings is 1. The van der Waals surface area contributed by atoms with E-state index >= 15 is 0 Å². The number of ether oxygens (including phenoxy) is 1. The minimum absolute atomic E-state index is 0.00908. The third-order valence-corrected chi connectivity index (χ3v) is 5.33. The molecule has 0 spiro atoms. The van der Waals surface area contributed by atoms with Crippen molar-refractivity contribution in [3.63, 3.8) is 0 Å². The van der Waals surface area contributed by atoms with E-state index in [1.807, 2.05) is 68.1 Å². The second-order valence-electron chi connectivity index (χ2n) is 7.60. The first-order chi connectivity index (χ1) is 14.5. The number of carbonyl (C=O) groups excluding carboxylic acids is 1. The first kappa shape index (κ1) is 19.9. The van der Waals surface area contributed by atoms with Crippen LogP contribution in [0.1, 0.15) is 18.1 Å². The molecule has 1 aromatic carbocycles. The van der Waals surface area contributed by atoms with E-state index in [-0.39, 0.29) is 5.91 Å². The number of rotatable bonds is 5. The predicted octanol–water partition coefficient (Wildman–Crippen LogP) is 3.47. The molecular formula is C23H26N4O3. The number of hydrogen-bond donors (Lipinski definition) is 0. The van der Waals surface area contributed by atoms with E-state index in [0.29, 0.717) is 37.6 Å². The molecule has 30 heavy (non-hydrogen) atoms. The van der Waals surface area contributed by atoms with E-state index in [9.17, 15) is 4.79 Å². The van der Waals surface area contributed by atoms with Gasteiger partial charge in [0.05, 0.1) is 6.26 Å². The molecule has 0 radical (unpaired) electrons. The molecule has 1 unspecified atom stereocenters. The molecule has 7 nitrogen and oxygen atoms in total. The summed E-state index contributed by atoms with van der Waals surface area (Å²) < 4.78 is 11.3. The first-order valence-electron chi connectivity index (χ1n) is 10.2. The molecule has 3 heterocycles. The number of hydrogen-bond acceptors (Lipinski definition) is 6. The Morgan fingerprint density at radius 1 is 1.07 bits per heavy atom. The quantitative estimate of drug-likeness (QED) is 0.646. The van der Waals surface area contributed by atoms with Crippen LogP contribution in [-0.2, 0) is 4.79 Å². The van der Waals surface area contributed by atoms with Gasteiger partial charge in [0.15, 0.2) is 17.7 Å². The lowest BCUT2D eigenvalue weighted by Gasteiger charge is -2.36. The zero-order valence-electron chi connectivity index (χ0n) is 17.5. The second-order valence-corrected chi connectivity index (χ2v) is 7.60. The zero-order chi connectivity index (χ0) is 21.1. The maximum Gasteiger partial charge on any atom is 0.263 e. The summed E-state index contributed by atoms with van der Waals surface area (Å²) >= 11 is 0. The van der Waals surface area contributed by atoms with Gasteiger partial charge in [-0.2, -0.15) is 0 Å². The summed E-state index contributed by atoms with van der Waals surface area (Å²) in [6.07, 6.45) is 1.09. The van der Waals surface area contributed by atoms with Crippen LogP contribution in [-0.4, -0.2) is 53.3 Å². The standard InChI is InChI=1S/C23H26N4O3/c1-16-6-7-17(2)21(15-16)30-18(3)23(28)27-12-10-26(11-13-27)22-9-8-19(24-25-22)20-5-4-14-29-20/h4-9,14-15,18H,10-13H2,1-3H3. The number of piperazine rings is 1. The normalized spacial score (nSPS) is 15.2. The molecule has 156 valence electrons. The zero-order valence-corrected chi connectivity index (χ0v) is 17.5. The summed E-state index contributed by atoms with van der Waals surface area (Å²) in [6, 6.07) is 13.5. The number of amides is 1. The van der Waals surface area contributed by atoms with Crippen molar-refractivity contribution in [2.24, 2.45) is 0 Å². The van der Waals surface area contributed by atoms with Crippen molar-refractivity contribution in [2.45, 2.75) is 26.9 Å². The molecule has 1 fully saturated rings. The first-order valence-corrected chi connectivity index (χ1v) is 10.2. The number of benzene rings is 1. The van der Waals surface area contributed by atoms with Gasteiger partial charge in [0.1, 0.15) is 11.4 Å². The van der Waals surface area contributed by atoms with Gasteiger partial charge in [-0.15, -0.1) is 10.2 Å². The highest BCUT2D eigenvalue weighted by Crippen LogP contribution is 2.22. The van der Waals surface area contributed by atoms with Gasteiger partial charge in [-0.05, 0) is 62.2 Å². The Hall–Kier alpha value is -3.35. The van der Waals surface area contributed by atoms with Crippen molar-refractivity contribution < 1.29 is 13.9 Å². The van der Waals surface area contributed by atoms with Crippen LogP contribution in [0.3, 0.4) is 0 Å². The summed E-state index contributed by atoms with van der Waals surface area (Å²) in [6.45, 7) is 8.48. The minimum atomic E-state index is -0.524. The molecule has 7 heteroatoms. The number of aryl methyl sites for hydroxylation is 2. The number of carbonyl (C=O) groups is 1. The smallest absolute Gasteiger partial charge is 0.263 e. The summed E-state index contributed by atoms with van der Waals surface area (Å²) in [7, 11) is 0. The summed E-state index contributed by atoms with van der Waals surface area (Å²) in [4.78, 5) is 16.9. The SMILES string of the molecule is Cc1ccc(C)c(OC(C)C(=O)N2CCN(c3ccc(-c4ccco4)nn3)CC2)c1. The fourth-order valence-corrected chi connectivity index (χ4v) is 3.54. The van der Waals surface area contributed by atoms with Crippen LogP contribution >= 0.6 is 0 Å².